The fraction of sp³-hybridized carbons (Fsp3) is 0.385. The van der Waals surface area contributed by atoms with Crippen LogP contribution in [0.4, 0.5) is 0 Å². The maximum atomic E-state index is 5.61. The number of nitrogens with one attached hydrogen (secondary N) is 1. The van der Waals surface area contributed by atoms with E-state index in [0.29, 0.717) is 0 Å². The van der Waals surface area contributed by atoms with Gasteiger partial charge in [-0.2, -0.15) is 5.10 Å². The van der Waals surface area contributed by atoms with E-state index in [4.69, 9.17) is 5.84 Å². The van der Waals surface area contributed by atoms with Gasteiger partial charge in [0.15, 0.2) is 0 Å². The van der Waals surface area contributed by atoms with E-state index in [2.05, 4.69) is 46.7 Å². The third-order valence-electron chi connectivity index (χ3n) is 3.07. The van der Waals surface area contributed by atoms with Gasteiger partial charge >= 0.3 is 0 Å². The minimum absolute atomic E-state index is 0.163. The fourth-order valence-electron chi connectivity index (χ4n) is 1.92. The Hall–Kier alpha value is -1.72. The Morgan fingerprint density at radius 1 is 1.28 bits per heavy atom. The molecule has 0 saturated heterocycles. The molecule has 2 aromatic rings. The Morgan fingerprint density at radius 3 is 2.56 bits per heavy atom. The highest BCUT2D eigenvalue weighted by atomic mass is 15.3. The fourth-order valence-corrected chi connectivity index (χ4v) is 1.92. The second-order valence-corrected chi connectivity index (χ2v) is 4.56. The lowest BCUT2D eigenvalue weighted by atomic mass is 10.0. The molecule has 1 atom stereocenters. The summed E-state index contributed by atoms with van der Waals surface area (Å²) < 4.78 is 1.78. The van der Waals surface area contributed by atoms with E-state index in [9.17, 15) is 0 Å². The lowest BCUT2D eigenvalue weighted by Gasteiger charge is -2.15. The smallest absolute Gasteiger partial charge is 0.138 e. The van der Waals surface area contributed by atoms with Crippen molar-refractivity contribution in [1.82, 2.24) is 20.2 Å². The van der Waals surface area contributed by atoms with Crippen molar-refractivity contribution in [1.29, 1.82) is 0 Å². The van der Waals surface area contributed by atoms with E-state index in [1.807, 2.05) is 7.05 Å². The summed E-state index contributed by atoms with van der Waals surface area (Å²) in [7, 11) is 1.89. The normalized spacial score (nSPS) is 12.6. The molecule has 1 aromatic heterocycles. The van der Waals surface area contributed by atoms with Crippen LogP contribution in [0, 0.1) is 6.92 Å². The van der Waals surface area contributed by atoms with Gasteiger partial charge in [-0.25, -0.2) is 4.98 Å². The van der Waals surface area contributed by atoms with Gasteiger partial charge in [0.05, 0.1) is 0 Å². The number of aromatic nitrogens is 3. The molecule has 0 bridgehead atoms. The first-order valence-corrected chi connectivity index (χ1v) is 6.03. The summed E-state index contributed by atoms with van der Waals surface area (Å²) in [5.74, 6) is 6.54. The predicted octanol–water partition coefficient (Wildman–Crippen LogP) is 0.741. The van der Waals surface area contributed by atoms with Gasteiger partial charge < -0.3 is 0 Å². The summed E-state index contributed by atoms with van der Waals surface area (Å²) in [6.07, 6.45) is 3.21. The highest BCUT2D eigenvalue weighted by Gasteiger charge is 2.12. The number of nitrogens with two attached hydrogens (primary N) is 1. The molecule has 0 aliphatic rings. The lowest BCUT2D eigenvalue weighted by molar-refractivity contribution is 0.499. The third-order valence-corrected chi connectivity index (χ3v) is 3.07. The van der Waals surface area contributed by atoms with Crippen molar-refractivity contribution < 1.29 is 0 Å². The topological polar surface area (TPSA) is 68.8 Å². The van der Waals surface area contributed by atoms with Gasteiger partial charge in [0.1, 0.15) is 12.2 Å². The number of hydrazine groups is 1. The molecule has 0 aliphatic heterocycles. The van der Waals surface area contributed by atoms with Crippen LogP contribution in [0.15, 0.2) is 30.6 Å². The van der Waals surface area contributed by atoms with Crippen LogP contribution in [-0.2, 0) is 19.9 Å². The minimum atomic E-state index is 0.163. The predicted molar refractivity (Wildman–Crippen MR) is 70.7 cm³/mol. The molecular formula is C13H19N5. The Kier molecular flexibility index (Phi) is 4.07. The first-order chi connectivity index (χ1) is 8.69. The maximum absolute atomic E-state index is 5.61. The summed E-state index contributed by atoms with van der Waals surface area (Å²) in [6.45, 7) is 2.09. The number of hydrogen-bond acceptors (Lipinski definition) is 4. The number of rotatable bonds is 5. The van der Waals surface area contributed by atoms with E-state index in [-0.39, 0.29) is 6.04 Å². The summed E-state index contributed by atoms with van der Waals surface area (Å²) in [5, 5.41) is 4.06. The Labute approximate surface area is 107 Å². The second kappa shape index (κ2) is 5.75. The maximum Gasteiger partial charge on any atom is 0.138 e. The van der Waals surface area contributed by atoms with Crippen LogP contribution in [0.25, 0.3) is 0 Å². The zero-order valence-corrected chi connectivity index (χ0v) is 10.8. The van der Waals surface area contributed by atoms with Gasteiger partial charge in [0, 0.05) is 19.5 Å². The minimum Gasteiger partial charge on any atom is -0.271 e. The highest BCUT2D eigenvalue weighted by Crippen LogP contribution is 2.08. The van der Waals surface area contributed by atoms with Crippen molar-refractivity contribution in [3.63, 3.8) is 0 Å². The molecule has 3 N–H and O–H groups in total. The van der Waals surface area contributed by atoms with E-state index in [1.165, 1.54) is 11.1 Å². The Bertz CT molecular complexity index is 488. The van der Waals surface area contributed by atoms with Gasteiger partial charge in [0.2, 0.25) is 0 Å². The molecule has 0 aliphatic carbocycles. The van der Waals surface area contributed by atoms with Crippen molar-refractivity contribution in [2.45, 2.75) is 25.8 Å². The number of hydrogen-bond donors (Lipinski definition) is 2. The zero-order chi connectivity index (χ0) is 13.0. The Morgan fingerprint density at radius 2 is 2.00 bits per heavy atom. The average molecular weight is 245 g/mol. The SMILES string of the molecule is Cc1ccc(CC(Cc2ncnn2C)NN)cc1. The van der Waals surface area contributed by atoms with Crippen molar-refractivity contribution in [2.24, 2.45) is 12.9 Å². The van der Waals surface area contributed by atoms with Gasteiger partial charge in [-0.1, -0.05) is 29.8 Å². The van der Waals surface area contributed by atoms with Crippen LogP contribution in [-0.4, -0.2) is 20.8 Å². The number of aryl methyl sites for hydroxylation is 2. The quantitative estimate of drug-likeness (QED) is 0.602. The van der Waals surface area contributed by atoms with Crippen LogP contribution < -0.4 is 11.3 Å². The molecule has 0 fully saturated rings. The molecule has 0 saturated carbocycles. The van der Waals surface area contributed by atoms with Crippen LogP contribution in [0.1, 0.15) is 17.0 Å². The average Bonchev–Trinajstić information content (AvgIpc) is 2.77. The molecule has 1 heterocycles. The second-order valence-electron chi connectivity index (χ2n) is 4.56. The van der Waals surface area contributed by atoms with E-state index in [1.54, 1.807) is 11.0 Å². The van der Waals surface area contributed by atoms with E-state index in [0.717, 1.165) is 18.7 Å². The molecule has 5 nitrogen and oxygen atoms in total. The molecule has 0 spiro atoms. The van der Waals surface area contributed by atoms with Crippen LogP contribution in [0.3, 0.4) is 0 Å². The van der Waals surface area contributed by atoms with Gasteiger partial charge in [-0.05, 0) is 18.9 Å². The summed E-state index contributed by atoms with van der Waals surface area (Å²) in [6, 6.07) is 8.67. The van der Waals surface area contributed by atoms with E-state index >= 15 is 0 Å². The summed E-state index contributed by atoms with van der Waals surface area (Å²) in [5.41, 5.74) is 5.39. The molecule has 96 valence electrons. The van der Waals surface area contributed by atoms with Crippen molar-refractivity contribution in [3.05, 3.63) is 47.5 Å². The first-order valence-electron chi connectivity index (χ1n) is 6.03. The summed E-state index contributed by atoms with van der Waals surface area (Å²) >= 11 is 0. The van der Waals surface area contributed by atoms with Gasteiger partial charge in [-0.15, -0.1) is 0 Å². The monoisotopic (exact) mass is 245 g/mol. The standard InChI is InChI=1S/C13H19N5/c1-10-3-5-11(6-4-10)7-12(17-14)8-13-15-9-16-18(13)2/h3-6,9,12,17H,7-8,14H2,1-2H3. The number of benzene rings is 1. The van der Waals surface area contributed by atoms with Gasteiger partial charge in [-0.3, -0.25) is 16.0 Å². The molecule has 0 amide bonds. The van der Waals surface area contributed by atoms with Gasteiger partial charge in [0.25, 0.3) is 0 Å². The lowest BCUT2D eigenvalue weighted by Crippen LogP contribution is -2.39. The number of nitrogens with zero attached hydrogens (tertiary/aromatic N) is 3. The summed E-state index contributed by atoms with van der Waals surface area (Å²) in [4.78, 5) is 4.22. The first kappa shape index (κ1) is 12.7. The molecular weight excluding hydrogens is 226 g/mol. The Balaban J connectivity index is 2.01. The third kappa shape index (κ3) is 3.15. The van der Waals surface area contributed by atoms with Crippen LogP contribution >= 0.6 is 0 Å². The van der Waals surface area contributed by atoms with Crippen LogP contribution in [0.2, 0.25) is 0 Å². The van der Waals surface area contributed by atoms with E-state index < -0.39 is 0 Å². The molecule has 0 radical (unpaired) electrons. The van der Waals surface area contributed by atoms with Crippen molar-refractivity contribution >= 4 is 0 Å². The molecule has 1 aromatic carbocycles. The largest absolute Gasteiger partial charge is 0.271 e. The molecule has 1 unspecified atom stereocenters. The van der Waals surface area contributed by atoms with Crippen LogP contribution in [0.5, 0.6) is 0 Å². The highest BCUT2D eigenvalue weighted by molar-refractivity contribution is 5.22. The zero-order valence-electron chi connectivity index (χ0n) is 10.8. The molecule has 2 rings (SSSR count). The molecule has 5 heteroatoms. The van der Waals surface area contributed by atoms with Crippen molar-refractivity contribution in [2.75, 3.05) is 0 Å². The molecule has 18 heavy (non-hydrogen) atoms. The van der Waals surface area contributed by atoms with Crippen molar-refractivity contribution in [3.8, 4) is 0 Å².